The van der Waals surface area contributed by atoms with E-state index in [1.807, 2.05) is 11.8 Å². The van der Waals surface area contributed by atoms with E-state index < -0.39 is 0 Å². The van der Waals surface area contributed by atoms with Crippen LogP contribution in [0.2, 0.25) is 0 Å². The number of hydrogen-bond donors (Lipinski definition) is 1. The molecule has 2 fully saturated rings. The van der Waals surface area contributed by atoms with Crippen molar-refractivity contribution in [2.45, 2.75) is 45.1 Å². The summed E-state index contributed by atoms with van der Waals surface area (Å²) in [5.74, 6) is 0.198. The highest BCUT2D eigenvalue weighted by atomic mass is 16.6. The standard InChI is InChI=1S/C17H31N3O4/c1-3-24-17(22)20-9-4-5-15(8-12-20)19-10-6-14(7-11-19)16(21)18-13-23-2/h14-15H,3-13H2,1-2H3,(H,18,21). The molecule has 2 aliphatic rings. The second-order valence-corrected chi connectivity index (χ2v) is 6.55. The summed E-state index contributed by atoms with van der Waals surface area (Å²) in [4.78, 5) is 28.2. The van der Waals surface area contributed by atoms with Gasteiger partial charge < -0.3 is 24.6 Å². The Kier molecular flexibility index (Phi) is 7.78. The van der Waals surface area contributed by atoms with Crippen molar-refractivity contribution in [3.63, 3.8) is 0 Å². The third-order valence-electron chi connectivity index (χ3n) is 5.03. The van der Waals surface area contributed by atoms with Gasteiger partial charge in [0.1, 0.15) is 6.73 Å². The molecule has 1 unspecified atom stereocenters. The third kappa shape index (κ3) is 5.34. The minimum absolute atomic E-state index is 0.0956. The Morgan fingerprint density at radius 3 is 2.50 bits per heavy atom. The minimum Gasteiger partial charge on any atom is -0.450 e. The van der Waals surface area contributed by atoms with Gasteiger partial charge in [0.2, 0.25) is 5.91 Å². The van der Waals surface area contributed by atoms with E-state index in [-0.39, 0.29) is 24.6 Å². The van der Waals surface area contributed by atoms with Crippen molar-refractivity contribution in [3.05, 3.63) is 0 Å². The van der Waals surface area contributed by atoms with Crippen molar-refractivity contribution in [2.24, 2.45) is 5.92 Å². The van der Waals surface area contributed by atoms with Gasteiger partial charge in [0, 0.05) is 32.2 Å². The fraction of sp³-hybridized carbons (Fsp3) is 0.882. The molecular formula is C17H31N3O4. The lowest BCUT2D eigenvalue weighted by atomic mass is 9.93. The molecule has 0 saturated carbocycles. The van der Waals surface area contributed by atoms with Crippen molar-refractivity contribution >= 4 is 12.0 Å². The minimum atomic E-state index is -0.188. The fourth-order valence-corrected chi connectivity index (χ4v) is 3.66. The van der Waals surface area contributed by atoms with Crippen LogP contribution in [0.15, 0.2) is 0 Å². The molecule has 0 aromatic carbocycles. The van der Waals surface area contributed by atoms with Crippen molar-refractivity contribution in [1.29, 1.82) is 0 Å². The Morgan fingerprint density at radius 1 is 1.08 bits per heavy atom. The molecule has 2 aliphatic heterocycles. The van der Waals surface area contributed by atoms with Gasteiger partial charge in [-0.05, 0) is 52.1 Å². The number of rotatable bonds is 5. The molecule has 138 valence electrons. The van der Waals surface area contributed by atoms with Gasteiger partial charge in [-0.2, -0.15) is 0 Å². The van der Waals surface area contributed by atoms with Crippen LogP contribution in [0.25, 0.3) is 0 Å². The van der Waals surface area contributed by atoms with Crippen LogP contribution in [0, 0.1) is 5.92 Å². The van der Waals surface area contributed by atoms with Crippen LogP contribution in [0.4, 0.5) is 4.79 Å². The molecule has 1 N–H and O–H groups in total. The van der Waals surface area contributed by atoms with Gasteiger partial charge in [-0.25, -0.2) is 4.79 Å². The highest BCUT2D eigenvalue weighted by molar-refractivity contribution is 5.78. The van der Waals surface area contributed by atoms with Crippen LogP contribution in [0.1, 0.15) is 39.0 Å². The van der Waals surface area contributed by atoms with Crippen LogP contribution in [-0.2, 0) is 14.3 Å². The molecule has 2 saturated heterocycles. The van der Waals surface area contributed by atoms with Gasteiger partial charge in [-0.3, -0.25) is 4.79 Å². The molecule has 2 heterocycles. The molecular weight excluding hydrogens is 310 g/mol. The van der Waals surface area contributed by atoms with Crippen LogP contribution in [0.5, 0.6) is 0 Å². The molecule has 2 amide bonds. The van der Waals surface area contributed by atoms with Crippen molar-refractivity contribution < 1.29 is 19.1 Å². The van der Waals surface area contributed by atoms with Crippen LogP contribution in [0.3, 0.4) is 0 Å². The molecule has 0 aliphatic carbocycles. The number of carbonyl (C=O) groups is 2. The monoisotopic (exact) mass is 341 g/mol. The van der Waals surface area contributed by atoms with E-state index >= 15 is 0 Å². The van der Waals surface area contributed by atoms with E-state index in [0.29, 0.717) is 12.6 Å². The van der Waals surface area contributed by atoms with Gasteiger partial charge in [0.05, 0.1) is 6.61 Å². The number of likely N-dealkylation sites (tertiary alicyclic amines) is 2. The molecule has 24 heavy (non-hydrogen) atoms. The predicted octanol–water partition coefficient (Wildman–Crippen LogP) is 1.43. The summed E-state index contributed by atoms with van der Waals surface area (Å²) in [5.41, 5.74) is 0. The zero-order valence-electron chi connectivity index (χ0n) is 15.0. The Bertz CT molecular complexity index is 411. The Balaban J connectivity index is 1.76. The summed E-state index contributed by atoms with van der Waals surface area (Å²) in [6.07, 6.45) is 4.71. The van der Waals surface area contributed by atoms with Crippen LogP contribution in [-0.4, -0.2) is 74.5 Å². The number of hydrogen-bond acceptors (Lipinski definition) is 5. The quantitative estimate of drug-likeness (QED) is 0.766. The number of nitrogens with one attached hydrogen (secondary N) is 1. The summed E-state index contributed by atoms with van der Waals surface area (Å²) in [6, 6.07) is 0.507. The lowest BCUT2D eigenvalue weighted by molar-refractivity contribution is -0.128. The first kappa shape index (κ1) is 19.0. The maximum absolute atomic E-state index is 12.0. The molecule has 0 spiro atoms. The van der Waals surface area contributed by atoms with E-state index in [9.17, 15) is 9.59 Å². The lowest BCUT2D eigenvalue weighted by Gasteiger charge is -2.36. The van der Waals surface area contributed by atoms with Gasteiger partial charge >= 0.3 is 6.09 Å². The average Bonchev–Trinajstić information content (AvgIpc) is 2.86. The average molecular weight is 341 g/mol. The molecule has 1 atom stereocenters. The van der Waals surface area contributed by atoms with Crippen molar-refractivity contribution in [1.82, 2.24) is 15.1 Å². The highest BCUT2D eigenvalue weighted by Gasteiger charge is 2.30. The number of carbonyl (C=O) groups excluding carboxylic acids is 2. The van der Waals surface area contributed by atoms with Crippen molar-refractivity contribution in [2.75, 3.05) is 46.6 Å². The molecule has 2 rings (SSSR count). The first-order valence-corrected chi connectivity index (χ1v) is 9.08. The molecule has 0 bridgehead atoms. The van der Waals surface area contributed by atoms with E-state index in [1.54, 1.807) is 7.11 Å². The van der Waals surface area contributed by atoms with Gasteiger partial charge in [-0.1, -0.05) is 0 Å². The fourth-order valence-electron chi connectivity index (χ4n) is 3.66. The summed E-state index contributed by atoms with van der Waals surface area (Å²) in [5, 5.41) is 2.80. The maximum Gasteiger partial charge on any atom is 0.409 e. The van der Waals surface area contributed by atoms with Crippen LogP contribution < -0.4 is 5.32 Å². The zero-order chi connectivity index (χ0) is 17.4. The largest absolute Gasteiger partial charge is 0.450 e. The highest BCUT2D eigenvalue weighted by Crippen LogP contribution is 2.24. The lowest BCUT2D eigenvalue weighted by Crippen LogP contribution is -2.45. The molecule has 7 heteroatoms. The number of ether oxygens (including phenoxy) is 2. The number of amides is 2. The first-order chi connectivity index (χ1) is 11.7. The summed E-state index contributed by atoms with van der Waals surface area (Å²) in [7, 11) is 1.58. The van der Waals surface area contributed by atoms with Gasteiger partial charge in [0.25, 0.3) is 0 Å². The summed E-state index contributed by atoms with van der Waals surface area (Å²) >= 11 is 0. The SMILES string of the molecule is CCOC(=O)N1CCCC(N2CCC(C(=O)NCOC)CC2)CC1. The smallest absolute Gasteiger partial charge is 0.409 e. The van der Waals surface area contributed by atoms with E-state index in [0.717, 1.165) is 58.3 Å². The normalized spacial score (nSPS) is 23.6. The topological polar surface area (TPSA) is 71.1 Å². The molecule has 0 radical (unpaired) electrons. The maximum atomic E-state index is 12.0. The summed E-state index contributed by atoms with van der Waals surface area (Å²) < 4.78 is 10.0. The molecule has 7 nitrogen and oxygen atoms in total. The van der Waals surface area contributed by atoms with Gasteiger partial charge in [-0.15, -0.1) is 0 Å². The zero-order valence-corrected chi connectivity index (χ0v) is 15.0. The van der Waals surface area contributed by atoms with E-state index in [4.69, 9.17) is 9.47 Å². The Morgan fingerprint density at radius 2 is 1.83 bits per heavy atom. The summed E-state index contributed by atoms with van der Waals surface area (Å²) in [6.45, 7) is 6.00. The Hall–Kier alpha value is -1.34. The number of piperidine rings is 1. The van der Waals surface area contributed by atoms with E-state index in [2.05, 4.69) is 10.2 Å². The number of methoxy groups -OCH3 is 1. The van der Waals surface area contributed by atoms with Crippen LogP contribution >= 0.6 is 0 Å². The second kappa shape index (κ2) is 9.84. The predicted molar refractivity (Wildman–Crippen MR) is 90.5 cm³/mol. The van der Waals surface area contributed by atoms with Gasteiger partial charge in [0.15, 0.2) is 0 Å². The third-order valence-corrected chi connectivity index (χ3v) is 5.03. The van der Waals surface area contributed by atoms with E-state index in [1.165, 1.54) is 0 Å². The second-order valence-electron chi connectivity index (χ2n) is 6.55. The Labute approximate surface area is 144 Å². The van der Waals surface area contributed by atoms with Crippen molar-refractivity contribution in [3.8, 4) is 0 Å². The molecule has 0 aromatic heterocycles. The first-order valence-electron chi connectivity index (χ1n) is 9.08. The molecule has 0 aromatic rings. The number of nitrogens with zero attached hydrogens (tertiary/aromatic N) is 2.